The van der Waals surface area contributed by atoms with Crippen molar-refractivity contribution in [2.24, 2.45) is 0 Å². The summed E-state index contributed by atoms with van der Waals surface area (Å²) in [6, 6.07) is 25.5. The lowest BCUT2D eigenvalue weighted by atomic mass is 9.92. The highest BCUT2D eigenvalue weighted by Gasteiger charge is 2.33. The number of terminal acetylenes is 1. The molecule has 0 aliphatic carbocycles. The lowest BCUT2D eigenvalue weighted by Gasteiger charge is -2.32. The van der Waals surface area contributed by atoms with E-state index in [4.69, 9.17) is 15.9 Å². The van der Waals surface area contributed by atoms with Crippen molar-refractivity contribution in [1.82, 2.24) is 10.2 Å². The largest absolute Gasteiger partial charge is 0.481 e. The van der Waals surface area contributed by atoms with E-state index in [2.05, 4.69) is 16.1 Å². The maximum absolute atomic E-state index is 13.6. The minimum Gasteiger partial charge on any atom is -0.481 e. The van der Waals surface area contributed by atoms with E-state index in [-0.39, 0.29) is 25.0 Å². The number of nitrogens with one attached hydrogen (secondary N) is 1. The Morgan fingerprint density at radius 3 is 2.12 bits per heavy atom. The van der Waals surface area contributed by atoms with E-state index in [1.807, 2.05) is 78.9 Å². The van der Waals surface area contributed by atoms with E-state index in [0.29, 0.717) is 37.4 Å². The molecule has 206 valence electrons. The molecule has 2 heterocycles. The molecule has 0 atom stereocenters. The molecule has 0 radical (unpaired) electrons. The maximum atomic E-state index is 13.6. The van der Waals surface area contributed by atoms with E-state index in [1.165, 1.54) is 4.90 Å². The van der Waals surface area contributed by atoms with E-state index in [1.54, 1.807) is 0 Å². The number of carbonyl (C=O) groups is 2. The molecule has 0 bridgehead atoms. The van der Waals surface area contributed by atoms with Gasteiger partial charge < -0.3 is 19.7 Å². The molecule has 2 aliphatic rings. The summed E-state index contributed by atoms with van der Waals surface area (Å²) in [6.45, 7) is 4.80. The van der Waals surface area contributed by atoms with Crippen LogP contribution >= 0.6 is 0 Å². The van der Waals surface area contributed by atoms with Crippen LogP contribution in [0.4, 0.5) is 5.69 Å². The Labute approximate surface area is 239 Å². The number of morpholine rings is 1. The van der Waals surface area contributed by atoms with Crippen LogP contribution < -0.4 is 15.0 Å². The van der Waals surface area contributed by atoms with Crippen LogP contribution in [0.25, 0.3) is 10.8 Å². The molecule has 7 nitrogen and oxygen atoms in total. The van der Waals surface area contributed by atoms with E-state index >= 15 is 0 Å². The molecule has 0 unspecified atom stereocenters. The Hall–Kier alpha value is -4.64. The first-order valence-corrected chi connectivity index (χ1v) is 13.8. The number of benzene rings is 4. The number of anilines is 1. The van der Waals surface area contributed by atoms with Crippen molar-refractivity contribution in [3.63, 3.8) is 0 Å². The molecule has 2 aliphatic heterocycles. The fraction of sp³-hybridized carbons (Fsp3) is 0.235. The van der Waals surface area contributed by atoms with Crippen molar-refractivity contribution < 1.29 is 19.1 Å². The van der Waals surface area contributed by atoms with Crippen molar-refractivity contribution in [1.29, 1.82) is 0 Å². The Kier molecular flexibility index (Phi) is 7.68. The van der Waals surface area contributed by atoms with Crippen molar-refractivity contribution in [3.05, 3.63) is 107 Å². The maximum Gasteiger partial charge on any atom is 0.261 e. The van der Waals surface area contributed by atoms with Crippen LogP contribution in [-0.2, 0) is 24.4 Å². The van der Waals surface area contributed by atoms with Crippen LogP contribution in [0.15, 0.2) is 78.9 Å². The number of nitrogens with zero attached hydrogens (tertiary/aromatic N) is 2. The number of hydrogen-bond donors (Lipinski definition) is 1. The number of carbonyl (C=O) groups excluding carboxylic acids is 2. The van der Waals surface area contributed by atoms with Gasteiger partial charge in [-0.2, -0.15) is 0 Å². The zero-order valence-electron chi connectivity index (χ0n) is 22.8. The van der Waals surface area contributed by atoms with Crippen LogP contribution in [0, 0.1) is 12.3 Å². The molecule has 41 heavy (non-hydrogen) atoms. The van der Waals surface area contributed by atoms with Gasteiger partial charge in [0.05, 0.1) is 19.8 Å². The smallest absolute Gasteiger partial charge is 0.261 e. The number of amides is 2. The molecule has 1 fully saturated rings. The molecule has 6 rings (SSSR count). The minimum atomic E-state index is -0.256. The zero-order chi connectivity index (χ0) is 28.2. The van der Waals surface area contributed by atoms with Gasteiger partial charge in [0.1, 0.15) is 12.4 Å². The molecule has 0 aromatic heterocycles. The average molecular weight is 546 g/mol. The second kappa shape index (κ2) is 11.8. The van der Waals surface area contributed by atoms with Crippen LogP contribution in [0.2, 0.25) is 0 Å². The average Bonchev–Trinajstić information content (AvgIpc) is 3.02. The van der Waals surface area contributed by atoms with Gasteiger partial charge in [0.25, 0.3) is 11.8 Å². The summed E-state index contributed by atoms with van der Waals surface area (Å²) < 4.78 is 10.9. The van der Waals surface area contributed by atoms with Gasteiger partial charge in [-0.1, -0.05) is 54.5 Å². The normalized spacial score (nSPS) is 14.8. The molecular formula is C34H31N3O4. The second-order valence-corrected chi connectivity index (χ2v) is 10.2. The van der Waals surface area contributed by atoms with Gasteiger partial charge in [-0.25, -0.2) is 0 Å². The molecule has 1 N–H and O–H groups in total. The monoisotopic (exact) mass is 545 g/mol. The summed E-state index contributed by atoms with van der Waals surface area (Å²) in [5.41, 5.74) is 5.35. The first-order valence-electron chi connectivity index (χ1n) is 13.8. The van der Waals surface area contributed by atoms with Gasteiger partial charge in [0, 0.05) is 53.8 Å². The second-order valence-electron chi connectivity index (χ2n) is 10.2. The summed E-state index contributed by atoms with van der Waals surface area (Å²) in [4.78, 5) is 30.8. The summed E-state index contributed by atoms with van der Waals surface area (Å²) in [7, 11) is 0. The van der Waals surface area contributed by atoms with E-state index < -0.39 is 0 Å². The van der Waals surface area contributed by atoms with Gasteiger partial charge in [-0.15, -0.1) is 6.42 Å². The number of ether oxygens (including phenoxy) is 2. The molecule has 1 saturated heterocycles. The van der Waals surface area contributed by atoms with Crippen LogP contribution in [0.3, 0.4) is 0 Å². The number of hydrogen-bond acceptors (Lipinski definition) is 6. The van der Waals surface area contributed by atoms with Crippen molar-refractivity contribution >= 4 is 28.3 Å². The van der Waals surface area contributed by atoms with Crippen molar-refractivity contribution in [3.8, 4) is 18.1 Å². The van der Waals surface area contributed by atoms with Crippen molar-refractivity contribution in [2.75, 3.05) is 37.8 Å². The molecule has 7 heteroatoms. The summed E-state index contributed by atoms with van der Waals surface area (Å²) in [6.07, 6.45) is 5.23. The third-order valence-electron chi connectivity index (χ3n) is 7.59. The van der Waals surface area contributed by atoms with Crippen LogP contribution in [0.5, 0.6) is 5.75 Å². The fourth-order valence-electron chi connectivity index (χ4n) is 5.48. The standard InChI is InChI=1S/C34H31N3O4/c1-2-18-41-27-12-10-25(11-13-27)22-35-21-24-6-8-26(9-7-24)23-37-33(38)29-5-3-4-28-31(36-16-19-40-20-17-36)15-14-30(32(28)29)34(37)39/h1,3-15,35H,16-23H2. The summed E-state index contributed by atoms with van der Waals surface area (Å²) in [5, 5.41) is 5.13. The van der Waals surface area contributed by atoms with Crippen LogP contribution in [-0.4, -0.2) is 49.6 Å². The molecular weight excluding hydrogens is 514 g/mol. The predicted octanol–water partition coefficient (Wildman–Crippen LogP) is 4.77. The number of rotatable bonds is 9. The van der Waals surface area contributed by atoms with Gasteiger partial charge in [0.2, 0.25) is 0 Å². The fourth-order valence-corrected chi connectivity index (χ4v) is 5.48. The van der Waals surface area contributed by atoms with Gasteiger partial charge in [-0.3, -0.25) is 14.5 Å². The molecule has 4 aromatic rings. The SMILES string of the molecule is C#CCOc1ccc(CNCc2ccc(CN3C(=O)c4cccc5c(N6CCOCC6)ccc(c45)C3=O)cc2)cc1. The van der Waals surface area contributed by atoms with Crippen LogP contribution in [0.1, 0.15) is 37.4 Å². The highest BCUT2D eigenvalue weighted by atomic mass is 16.5. The Bertz CT molecular complexity index is 1600. The molecule has 0 saturated carbocycles. The lowest BCUT2D eigenvalue weighted by molar-refractivity contribution is 0.0598. The summed E-state index contributed by atoms with van der Waals surface area (Å²) in [5.74, 6) is 2.70. The van der Waals surface area contributed by atoms with Gasteiger partial charge >= 0.3 is 0 Å². The Morgan fingerprint density at radius 2 is 1.44 bits per heavy atom. The molecule has 0 spiro atoms. The molecule has 2 amide bonds. The van der Waals surface area contributed by atoms with Gasteiger partial charge in [-0.05, 0) is 47.0 Å². The Morgan fingerprint density at radius 1 is 0.805 bits per heavy atom. The quantitative estimate of drug-likeness (QED) is 0.241. The predicted molar refractivity (Wildman–Crippen MR) is 159 cm³/mol. The lowest BCUT2D eigenvalue weighted by Crippen LogP contribution is -2.40. The third-order valence-corrected chi connectivity index (χ3v) is 7.59. The molecule has 4 aromatic carbocycles. The summed E-state index contributed by atoms with van der Waals surface area (Å²) >= 11 is 0. The first kappa shape index (κ1) is 26.6. The highest BCUT2D eigenvalue weighted by molar-refractivity contribution is 6.26. The van der Waals surface area contributed by atoms with Crippen molar-refractivity contribution in [2.45, 2.75) is 19.6 Å². The third kappa shape index (κ3) is 5.53. The number of imide groups is 1. The van der Waals surface area contributed by atoms with E-state index in [0.717, 1.165) is 52.0 Å². The minimum absolute atomic E-state index is 0.223. The highest BCUT2D eigenvalue weighted by Crippen LogP contribution is 2.36. The zero-order valence-corrected chi connectivity index (χ0v) is 22.8. The van der Waals surface area contributed by atoms with Gasteiger partial charge in [0.15, 0.2) is 0 Å². The topological polar surface area (TPSA) is 71.1 Å². The van der Waals surface area contributed by atoms with E-state index in [9.17, 15) is 9.59 Å². The Balaban J connectivity index is 1.11. The first-order chi connectivity index (χ1) is 20.1.